The molecule has 0 amide bonds. The molecule has 1 aliphatic heterocycles. The molecule has 1 saturated heterocycles. The Balaban J connectivity index is 1.58. The van der Waals surface area contributed by atoms with Crippen LogP contribution in [0.5, 0.6) is 0 Å². The molecule has 23 heavy (non-hydrogen) atoms. The Labute approximate surface area is 143 Å². The summed E-state index contributed by atoms with van der Waals surface area (Å²) >= 11 is 7.32. The molecule has 4 rings (SSSR count). The van der Waals surface area contributed by atoms with E-state index in [9.17, 15) is 5.11 Å². The van der Waals surface area contributed by atoms with Gasteiger partial charge < -0.3 is 5.11 Å². The molecule has 1 fully saturated rings. The van der Waals surface area contributed by atoms with Crippen molar-refractivity contribution >= 4 is 38.7 Å². The second kappa shape index (κ2) is 5.98. The molecule has 2 aromatic heterocycles. The second-order valence-corrected chi connectivity index (χ2v) is 7.68. The molecule has 1 unspecified atom stereocenters. The fraction of sp³-hybridized carbons (Fsp3) is 0.500. The number of benzene rings is 1. The van der Waals surface area contributed by atoms with Crippen LogP contribution in [0.15, 0.2) is 24.3 Å². The molecule has 0 spiro atoms. The number of fused-ring (bicyclic) bond motifs is 3. The van der Waals surface area contributed by atoms with Gasteiger partial charge in [-0.05, 0) is 50.0 Å². The standard InChI is InChI=1S/C16H20N4OS2/c1-11(21)12-6-8-18(9-7-12)10-19-16(22)20-13-4-2-3-5-14(13)23-15(20)17-19/h2-5,11-12,21H,6-10H2,1H3. The van der Waals surface area contributed by atoms with Crippen molar-refractivity contribution in [1.29, 1.82) is 0 Å². The number of piperidine rings is 1. The minimum atomic E-state index is -0.205. The molecule has 3 heterocycles. The van der Waals surface area contributed by atoms with E-state index in [0.717, 1.165) is 47.8 Å². The van der Waals surface area contributed by atoms with Gasteiger partial charge in [-0.3, -0.25) is 9.30 Å². The molecule has 7 heteroatoms. The Morgan fingerprint density at radius 1 is 1.35 bits per heavy atom. The van der Waals surface area contributed by atoms with Crippen molar-refractivity contribution in [2.75, 3.05) is 13.1 Å². The molecule has 1 aliphatic rings. The first kappa shape index (κ1) is 15.3. The summed E-state index contributed by atoms with van der Waals surface area (Å²) < 4.78 is 5.97. The Kier molecular flexibility index (Phi) is 3.96. The highest BCUT2D eigenvalue weighted by molar-refractivity contribution is 7.71. The molecule has 0 bridgehead atoms. The zero-order chi connectivity index (χ0) is 16.0. The van der Waals surface area contributed by atoms with Crippen molar-refractivity contribution in [3.05, 3.63) is 29.0 Å². The lowest BCUT2D eigenvalue weighted by Gasteiger charge is -2.32. The molecular formula is C16H20N4OS2. The monoisotopic (exact) mass is 348 g/mol. The number of nitrogens with zero attached hydrogens (tertiary/aromatic N) is 4. The van der Waals surface area contributed by atoms with E-state index in [0.29, 0.717) is 5.92 Å². The van der Waals surface area contributed by atoms with Crippen molar-refractivity contribution in [3.8, 4) is 0 Å². The van der Waals surface area contributed by atoms with Gasteiger partial charge in [-0.25, -0.2) is 4.68 Å². The highest BCUT2D eigenvalue weighted by atomic mass is 32.1. The molecule has 0 radical (unpaired) electrons. The van der Waals surface area contributed by atoms with Gasteiger partial charge in [-0.1, -0.05) is 23.5 Å². The first-order chi connectivity index (χ1) is 11.1. The topological polar surface area (TPSA) is 45.7 Å². The van der Waals surface area contributed by atoms with Gasteiger partial charge in [0.05, 0.1) is 23.0 Å². The van der Waals surface area contributed by atoms with E-state index in [1.807, 2.05) is 23.7 Å². The predicted molar refractivity (Wildman–Crippen MR) is 95.4 cm³/mol. The predicted octanol–water partition coefficient (Wildman–Crippen LogP) is 3.13. The third-order valence-corrected chi connectivity index (χ3v) is 6.17. The molecule has 1 N–H and O–H groups in total. The minimum Gasteiger partial charge on any atom is -0.393 e. The number of hydrogen-bond donors (Lipinski definition) is 1. The van der Waals surface area contributed by atoms with Gasteiger partial charge in [-0.15, -0.1) is 5.10 Å². The summed E-state index contributed by atoms with van der Waals surface area (Å²) in [6.07, 6.45) is 1.87. The third-order valence-electron chi connectivity index (χ3n) is 4.77. The van der Waals surface area contributed by atoms with Crippen LogP contribution in [0.25, 0.3) is 15.2 Å². The summed E-state index contributed by atoms with van der Waals surface area (Å²) in [6, 6.07) is 8.28. The van der Waals surface area contributed by atoms with E-state index in [-0.39, 0.29) is 6.10 Å². The molecule has 3 aromatic rings. The summed E-state index contributed by atoms with van der Waals surface area (Å²) in [4.78, 5) is 3.32. The largest absolute Gasteiger partial charge is 0.393 e. The summed E-state index contributed by atoms with van der Waals surface area (Å²) in [5, 5.41) is 14.4. The Morgan fingerprint density at radius 3 is 2.83 bits per heavy atom. The highest BCUT2D eigenvalue weighted by Gasteiger charge is 2.23. The average Bonchev–Trinajstić information content (AvgIpc) is 3.05. The van der Waals surface area contributed by atoms with Gasteiger partial charge in [0.2, 0.25) is 9.73 Å². The molecule has 0 aliphatic carbocycles. The van der Waals surface area contributed by atoms with E-state index >= 15 is 0 Å². The number of aliphatic hydroxyl groups excluding tert-OH is 1. The summed E-state index contributed by atoms with van der Waals surface area (Å²) in [6.45, 7) is 4.60. The Hall–Kier alpha value is -1.28. The van der Waals surface area contributed by atoms with Crippen LogP contribution in [-0.4, -0.2) is 43.4 Å². The maximum absolute atomic E-state index is 9.71. The first-order valence-electron chi connectivity index (χ1n) is 8.01. The number of aliphatic hydroxyl groups is 1. The number of likely N-dealkylation sites (tertiary alicyclic amines) is 1. The van der Waals surface area contributed by atoms with Crippen LogP contribution in [0.3, 0.4) is 0 Å². The molecular weight excluding hydrogens is 328 g/mol. The number of aromatic nitrogens is 3. The van der Waals surface area contributed by atoms with Crippen LogP contribution in [0.1, 0.15) is 19.8 Å². The normalized spacial score (nSPS) is 18.9. The lowest BCUT2D eigenvalue weighted by molar-refractivity contribution is 0.0592. The maximum atomic E-state index is 9.71. The number of rotatable bonds is 3. The zero-order valence-electron chi connectivity index (χ0n) is 13.1. The van der Waals surface area contributed by atoms with Crippen LogP contribution >= 0.6 is 23.6 Å². The molecule has 5 nitrogen and oxygen atoms in total. The summed E-state index contributed by atoms with van der Waals surface area (Å²) in [7, 11) is 0. The average molecular weight is 348 g/mol. The van der Waals surface area contributed by atoms with Gasteiger partial charge in [0.25, 0.3) is 0 Å². The molecule has 0 saturated carbocycles. The Morgan fingerprint density at radius 2 is 2.09 bits per heavy atom. The van der Waals surface area contributed by atoms with Crippen molar-refractivity contribution in [1.82, 2.24) is 19.1 Å². The van der Waals surface area contributed by atoms with E-state index in [2.05, 4.69) is 21.4 Å². The smallest absolute Gasteiger partial charge is 0.216 e. The summed E-state index contributed by atoms with van der Waals surface area (Å²) in [5.41, 5.74) is 1.14. The van der Waals surface area contributed by atoms with Crippen molar-refractivity contribution < 1.29 is 5.11 Å². The van der Waals surface area contributed by atoms with E-state index in [1.165, 1.54) is 4.70 Å². The lowest BCUT2D eigenvalue weighted by Crippen LogP contribution is -2.38. The lowest BCUT2D eigenvalue weighted by atomic mass is 9.92. The van der Waals surface area contributed by atoms with Crippen molar-refractivity contribution in [2.45, 2.75) is 32.5 Å². The van der Waals surface area contributed by atoms with Crippen LogP contribution in [0, 0.1) is 10.7 Å². The molecule has 122 valence electrons. The number of hydrogen-bond acceptors (Lipinski definition) is 5. The fourth-order valence-electron chi connectivity index (χ4n) is 3.35. The van der Waals surface area contributed by atoms with Crippen LogP contribution in [-0.2, 0) is 6.67 Å². The van der Waals surface area contributed by atoms with Gasteiger partial charge in [0.15, 0.2) is 0 Å². The molecule has 1 aromatic carbocycles. The second-order valence-electron chi connectivity index (χ2n) is 6.31. The van der Waals surface area contributed by atoms with E-state index in [4.69, 9.17) is 17.3 Å². The molecule has 1 atom stereocenters. The van der Waals surface area contributed by atoms with Crippen LogP contribution < -0.4 is 0 Å². The minimum absolute atomic E-state index is 0.205. The van der Waals surface area contributed by atoms with Gasteiger partial charge in [0.1, 0.15) is 0 Å². The fourth-order valence-corrected chi connectivity index (χ4v) is 4.71. The zero-order valence-corrected chi connectivity index (χ0v) is 14.7. The van der Waals surface area contributed by atoms with Crippen LogP contribution in [0.2, 0.25) is 0 Å². The van der Waals surface area contributed by atoms with Crippen molar-refractivity contribution in [3.63, 3.8) is 0 Å². The maximum Gasteiger partial charge on any atom is 0.216 e. The van der Waals surface area contributed by atoms with Crippen LogP contribution in [0.4, 0.5) is 0 Å². The SMILES string of the molecule is CC(O)C1CCN(Cn2nc3sc4ccccc4n3c2=S)CC1. The summed E-state index contributed by atoms with van der Waals surface area (Å²) in [5.74, 6) is 0.425. The van der Waals surface area contributed by atoms with Gasteiger partial charge in [-0.2, -0.15) is 0 Å². The Bertz CT molecular complexity index is 886. The van der Waals surface area contributed by atoms with Gasteiger partial charge in [0, 0.05) is 13.1 Å². The first-order valence-corrected chi connectivity index (χ1v) is 9.23. The van der Waals surface area contributed by atoms with Crippen molar-refractivity contribution in [2.24, 2.45) is 5.92 Å². The number of para-hydroxylation sites is 1. The quantitative estimate of drug-likeness (QED) is 0.739. The van der Waals surface area contributed by atoms with E-state index < -0.39 is 0 Å². The van der Waals surface area contributed by atoms with E-state index in [1.54, 1.807) is 11.3 Å². The highest BCUT2D eigenvalue weighted by Crippen LogP contribution is 2.26. The van der Waals surface area contributed by atoms with Gasteiger partial charge >= 0.3 is 0 Å². The number of thiazole rings is 1. The third kappa shape index (κ3) is 2.71.